The number of halogens is 2. The van der Waals surface area contributed by atoms with Crippen molar-refractivity contribution in [1.82, 2.24) is 9.78 Å². The maximum Gasteiger partial charge on any atom is 0.256 e. The van der Waals surface area contributed by atoms with E-state index in [1.165, 1.54) is 6.07 Å². The van der Waals surface area contributed by atoms with E-state index in [0.29, 0.717) is 38.8 Å². The Labute approximate surface area is 202 Å². The topological polar surface area (TPSA) is 64.0 Å². The SMILES string of the molecule is Cc1ccc(C(=O)c2ccccc2C(=O)Nc2c(C)nn(Cc3c(F)cccc3Cl)c2C)cc1. The van der Waals surface area contributed by atoms with Gasteiger partial charge in [-0.2, -0.15) is 5.10 Å². The maximum atomic E-state index is 14.3. The second-order valence-electron chi connectivity index (χ2n) is 8.10. The number of aromatic nitrogens is 2. The highest BCUT2D eigenvalue weighted by Gasteiger charge is 2.21. The largest absolute Gasteiger partial charge is 0.319 e. The van der Waals surface area contributed by atoms with E-state index in [2.05, 4.69) is 10.4 Å². The predicted molar refractivity (Wildman–Crippen MR) is 131 cm³/mol. The molecule has 1 heterocycles. The third-order valence-electron chi connectivity index (χ3n) is 5.72. The Bertz CT molecular complexity index is 1370. The Morgan fingerprint density at radius 1 is 0.941 bits per heavy atom. The van der Waals surface area contributed by atoms with Gasteiger partial charge in [0.05, 0.1) is 29.2 Å². The van der Waals surface area contributed by atoms with E-state index in [4.69, 9.17) is 11.6 Å². The van der Waals surface area contributed by atoms with Gasteiger partial charge in [-0.05, 0) is 39.0 Å². The van der Waals surface area contributed by atoms with Crippen molar-refractivity contribution in [2.24, 2.45) is 0 Å². The highest BCUT2D eigenvalue weighted by atomic mass is 35.5. The zero-order valence-corrected chi connectivity index (χ0v) is 19.8. The number of nitrogens with one attached hydrogen (secondary N) is 1. The van der Waals surface area contributed by atoms with E-state index in [0.717, 1.165) is 5.56 Å². The van der Waals surface area contributed by atoms with E-state index in [1.807, 2.05) is 19.1 Å². The molecule has 172 valence electrons. The third kappa shape index (κ3) is 4.63. The summed E-state index contributed by atoms with van der Waals surface area (Å²) in [6.45, 7) is 5.61. The fourth-order valence-corrected chi connectivity index (χ4v) is 4.01. The fraction of sp³-hybridized carbons (Fsp3) is 0.148. The van der Waals surface area contributed by atoms with Gasteiger partial charge in [-0.3, -0.25) is 14.3 Å². The monoisotopic (exact) mass is 475 g/mol. The van der Waals surface area contributed by atoms with Gasteiger partial charge in [0.1, 0.15) is 5.82 Å². The number of benzene rings is 3. The van der Waals surface area contributed by atoms with E-state index < -0.39 is 11.7 Å². The van der Waals surface area contributed by atoms with E-state index >= 15 is 0 Å². The molecule has 0 spiro atoms. The molecule has 3 aromatic carbocycles. The van der Waals surface area contributed by atoms with Gasteiger partial charge in [0, 0.05) is 21.7 Å². The molecule has 34 heavy (non-hydrogen) atoms. The molecule has 0 saturated carbocycles. The number of hydrogen-bond acceptors (Lipinski definition) is 3. The molecule has 4 rings (SSSR count). The first kappa shape index (κ1) is 23.4. The molecule has 0 bridgehead atoms. The number of anilines is 1. The number of aryl methyl sites for hydroxylation is 2. The molecule has 5 nitrogen and oxygen atoms in total. The van der Waals surface area contributed by atoms with Crippen LogP contribution >= 0.6 is 11.6 Å². The molecule has 7 heteroatoms. The summed E-state index contributed by atoms with van der Waals surface area (Å²) in [4.78, 5) is 26.3. The highest BCUT2D eigenvalue weighted by molar-refractivity contribution is 6.31. The molecule has 0 atom stereocenters. The van der Waals surface area contributed by atoms with Crippen LogP contribution in [0.5, 0.6) is 0 Å². The lowest BCUT2D eigenvalue weighted by molar-refractivity contribution is 0.0996. The van der Waals surface area contributed by atoms with Gasteiger partial charge in [-0.25, -0.2) is 4.39 Å². The molecule has 0 fully saturated rings. The zero-order chi connectivity index (χ0) is 24.4. The minimum atomic E-state index is -0.425. The van der Waals surface area contributed by atoms with Crippen molar-refractivity contribution < 1.29 is 14.0 Å². The predicted octanol–water partition coefficient (Wildman–Crippen LogP) is 6.13. The van der Waals surface area contributed by atoms with Gasteiger partial charge in [0.2, 0.25) is 0 Å². The molecule has 0 saturated heterocycles. The van der Waals surface area contributed by atoms with Gasteiger partial charge in [0.15, 0.2) is 5.78 Å². The molecule has 0 aliphatic heterocycles. The average molecular weight is 476 g/mol. The second-order valence-corrected chi connectivity index (χ2v) is 8.51. The molecule has 1 amide bonds. The Hall–Kier alpha value is -3.77. The summed E-state index contributed by atoms with van der Waals surface area (Å²) >= 11 is 6.17. The van der Waals surface area contributed by atoms with E-state index in [1.54, 1.807) is 67.1 Å². The van der Waals surface area contributed by atoms with E-state index in [9.17, 15) is 14.0 Å². The summed E-state index contributed by atoms with van der Waals surface area (Å²) in [5, 5.41) is 7.65. The zero-order valence-electron chi connectivity index (χ0n) is 19.0. The van der Waals surface area contributed by atoms with Crippen LogP contribution in [-0.2, 0) is 6.54 Å². The van der Waals surface area contributed by atoms with E-state index in [-0.39, 0.29) is 17.9 Å². The number of hydrogen-bond donors (Lipinski definition) is 1. The second kappa shape index (κ2) is 9.61. The number of ketones is 1. The minimum absolute atomic E-state index is 0.122. The quantitative estimate of drug-likeness (QED) is 0.341. The van der Waals surface area contributed by atoms with Crippen LogP contribution in [0.25, 0.3) is 0 Å². The molecule has 0 unspecified atom stereocenters. The molecule has 0 aliphatic carbocycles. The number of amides is 1. The summed E-state index contributed by atoms with van der Waals surface area (Å²) in [5.74, 6) is -1.08. The van der Waals surface area contributed by atoms with Gasteiger partial charge in [0.25, 0.3) is 5.91 Å². The first-order valence-electron chi connectivity index (χ1n) is 10.7. The number of rotatable bonds is 6. The van der Waals surface area contributed by atoms with Gasteiger partial charge in [-0.1, -0.05) is 65.7 Å². The van der Waals surface area contributed by atoms with Crippen molar-refractivity contribution in [3.8, 4) is 0 Å². The molecule has 0 aliphatic rings. The summed E-state index contributed by atoms with van der Waals surface area (Å²) < 4.78 is 15.9. The minimum Gasteiger partial charge on any atom is -0.319 e. The third-order valence-corrected chi connectivity index (χ3v) is 6.07. The molecule has 1 N–H and O–H groups in total. The normalized spacial score (nSPS) is 10.9. The van der Waals surface area contributed by atoms with Crippen molar-refractivity contribution in [3.63, 3.8) is 0 Å². The molecular weight excluding hydrogens is 453 g/mol. The van der Waals surface area contributed by atoms with Crippen LogP contribution in [0, 0.1) is 26.6 Å². The highest BCUT2D eigenvalue weighted by Crippen LogP contribution is 2.25. The maximum absolute atomic E-state index is 14.3. The van der Waals surface area contributed by atoms with Crippen molar-refractivity contribution in [2.75, 3.05) is 5.32 Å². The van der Waals surface area contributed by atoms with Gasteiger partial charge in [-0.15, -0.1) is 0 Å². The fourth-order valence-electron chi connectivity index (χ4n) is 3.79. The first-order valence-corrected chi connectivity index (χ1v) is 11.1. The standard InChI is InChI=1S/C27H23ClFN3O2/c1-16-11-13-19(14-12-16)26(33)20-7-4-5-8-21(20)27(34)30-25-17(2)31-32(18(25)3)15-22-23(28)9-6-10-24(22)29/h4-14H,15H2,1-3H3,(H,30,34). The Morgan fingerprint density at radius 2 is 1.62 bits per heavy atom. The Balaban J connectivity index is 1.62. The first-order chi connectivity index (χ1) is 16.3. The average Bonchev–Trinajstić information content (AvgIpc) is 3.09. The van der Waals surface area contributed by atoms with Crippen LogP contribution in [0.2, 0.25) is 5.02 Å². The Morgan fingerprint density at radius 3 is 2.29 bits per heavy atom. The van der Waals surface area contributed by atoms with Crippen molar-refractivity contribution >= 4 is 29.0 Å². The van der Waals surface area contributed by atoms with Crippen LogP contribution in [-0.4, -0.2) is 21.5 Å². The van der Waals surface area contributed by atoms with Gasteiger partial charge < -0.3 is 5.32 Å². The van der Waals surface area contributed by atoms with Crippen LogP contribution in [0.15, 0.2) is 66.7 Å². The van der Waals surface area contributed by atoms with Crippen molar-refractivity contribution in [3.05, 3.63) is 117 Å². The number of carbonyl (C=O) groups is 2. The van der Waals surface area contributed by atoms with Crippen LogP contribution in [0.4, 0.5) is 10.1 Å². The summed E-state index contributed by atoms with van der Waals surface area (Å²) in [7, 11) is 0. The van der Waals surface area contributed by atoms with Crippen molar-refractivity contribution in [2.45, 2.75) is 27.3 Å². The van der Waals surface area contributed by atoms with Crippen LogP contribution in [0.3, 0.4) is 0 Å². The van der Waals surface area contributed by atoms with Crippen LogP contribution in [0.1, 0.15) is 48.8 Å². The Kier molecular flexibility index (Phi) is 6.61. The molecule has 0 radical (unpaired) electrons. The number of carbonyl (C=O) groups excluding carboxylic acids is 2. The summed E-state index contributed by atoms with van der Waals surface area (Å²) in [6.07, 6.45) is 0. The smallest absolute Gasteiger partial charge is 0.256 e. The van der Waals surface area contributed by atoms with Crippen molar-refractivity contribution in [1.29, 1.82) is 0 Å². The number of nitrogens with zero attached hydrogens (tertiary/aromatic N) is 2. The molecule has 4 aromatic rings. The van der Waals surface area contributed by atoms with Crippen LogP contribution < -0.4 is 5.32 Å². The molecule has 1 aromatic heterocycles. The lowest BCUT2D eigenvalue weighted by atomic mass is 9.97. The summed E-state index contributed by atoms with van der Waals surface area (Å²) in [6, 6.07) is 18.4. The molecular formula is C27H23ClFN3O2. The lowest BCUT2D eigenvalue weighted by Gasteiger charge is -2.11. The lowest BCUT2D eigenvalue weighted by Crippen LogP contribution is -2.18. The summed E-state index contributed by atoms with van der Waals surface area (Å²) in [5.41, 5.74) is 4.17. The van der Waals surface area contributed by atoms with Gasteiger partial charge >= 0.3 is 0 Å².